The Morgan fingerprint density at radius 2 is 1.42 bits per heavy atom. The minimum atomic E-state index is -3.50. The molecule has 1 aliphatic rings. The summed E-state index contributed by atoms with van der Waals surface area (Å²) in [7, 11) is 4.61. The van der Waals surface area contributed by atoms with Gasteiger partial charge in [-0.25, -0.2) is 4.79 Å². The number of benzene rings is 3. The summed E-state index contributed by atoms with van der Waals surface area (Å²) in [6, 6.07) is 25.9. The van der Waals surface area contributed by atoms with Gasteiger partial charge in [-0.3, -0.25) is 14.3 Å². The summed E-state index contributed by atoms with van der Waals surface area (Å²) in [5.41, 5.74) is -0.0637. The maximum atomic E-state index is 12.8. The molecule has 4 aromatic rings. The monoisotopic (exact) mass is 653 g/mol. The Bertz CT molecular complexity index is 1690. The molecule has 0 spiro atoms. The van der Waals surface area contributed by atoms with Crippen molar-refractivity contribution in [2.45, 2.75) is 30.1 Å². The molecule has 238 valence electrons. The van der Waals surface area contributed by atoms with Crippen molar-refractivity contribution in [1.82, 2.24) is 9.55 Å². The zero-order valence-electron chi connectivity index (χ0n) is 25.2. The summed E-state index contributed by atoms with van der Waals surface area (Å²) in [5.74, 6) is 1.34. The molecule has 0 bridgehead atoms. The van der Waals surface area contributed by atoms with Crippen LogP contribution in [0, 0.1) is 0 Å². The highest BCUT2D eigenvalue weighted by atomic mass is 32.5. The lowest BCUT2D eigenvalue weighted by molar-refractivity contribution is -0.190. The van der Waals surface area contributed by atoms with Crippen LogP contribution in [0.3, 0.4) is 0 Å². The van der Waals surface area contributed by atoms with Crippen molar-refractivity contribution in [3.63, 3.8) is 0 Å². The lowest BCUT2D eigenvalue weighted by Gasteiger charge is -2.38. The van der Waals surface area contributed by atoms with Gasteiger partial charge in [-0.05, 0) is 54.1 Å². The van der Waals surface area contributed by atoms with E-state index in [1.807, 2.05) is 78.9 Å². The van der Waals surface area contributed by atoms with Crippen LogP contribution in [-0.4, -0.2) is 62.5 Å². The van der Waals surface area contributed by atoms with E-state index in [0.29, 0.717) is 11.5 Å². The summed E-state index contributed by atoms with van der Waals surface area (Å²) < 4.78 is 37.0. The van der Waals surface area contributed by atoms with E-state index in [1.54, 1.807) is 14.2 Å². The Morgan fingerprint density at radius 3 is 1.91 bits per heavy atom. The van der Waals surface area contributed by atoms with Gasteiger partial charge >= 0.3 is 5.69 Å². The highest BCUT2D eigenvalue weighted by molar-refractivity contribution is 8.08. The first-order valence-electron chi connectivity index (χ1n) is 14.0. The fraction of sp³-hybridized carbons (Fsp3) is 0.312. The number of rotatable bonds is 12. The molecule has 0 amide bonds. The SMILES string of the molecule is COc1ccc(C(OC[C@H]2O[C@@H](n3ccc(=O)[nH]c3=O)[C@H](OC)[C@@H]2OP(C)([O-])=S)(c2ccccc2)c2ccc(OC)cc2)cc1. The highest BCUT2D eigenvalue weighted by Crippen LogP contribution is 2.45. The number of hydrogen-bond acceptors (Lipinski definition) is 10. The van der Waals surface area contributed by atoms with Crippen LogP contribution in [-0.2, 0) is 36.1 Å². The average molecular weight is 654 g/mol. The molecule has 5 rings (SSSR count). The number of nitrogens with one attached hydrogen (secondary N) is 1. The fourth-order valence-electron chi connectivity index (χ4n) is 5.57. The van der Waals surface area contributed by atoms with Crippen LogP contribution in [0.4, 0.5) is 0 Å². The third-order valence-corrected chi connectivity index (χ3v) is 8.52. The van der Waals surface area contributed by atoms with E-state index >= 15 is 0 Å². The van der Waals surface area contributed by atoms with E-state index < -0.39 is 47.9 Å². The van der Waals surface area contributed by atoms with Crippen molar-refractivity contribution in [1.29, 1.82) is 0 Å². The van der Waals surface area contributed by atoms with Crippen molar-refractivity contribution in [2.24, 2.45) is 0 Å². The normalized spacial score (nSPS) is 21.3. The van der Waals surface area contributed by atoms with Crippen LogP contribution in [0.1, 0.15) is 22.9 Å². The Kier molecular flexibility index (Phi) is 10.0. The second kappa shape index (κ2) is 13.8. The number of nitrogens with zero attached hydrogens (tertiary/aromatic N) is 1. The van der Waals surface area contributed by atoms with Crippen LogP contribution < -0.4 is 25.6 Å². The molecule has 1 aromatic heterocycles. The van der Waals surface area contributed by atoms with Crippen molar-refractivity contribution in [2.75, 3.05) is 34.6 Å². The van der Waals surface area contributed by atoms with Crippen molar-refractivity contribution in [3.05, 3.63) is 129 Å². The quantitative estimate of drug-likeness (QED) is 0.180. The molecule has 0 radical (unpaired) electrons. The molecular weight excluding hydrogens is 619 g/mol. The van der Waals surface area contributed by atoms with Crippen LogP contribution in [0.25, 0.3) is 0 Å². The summed E-state index contributed by atoms with van der Waals surface area (Å²) in [6.45, 7) is -2.30. The van der Waals surface area contributed by atoms with Gasteiger partial charge in [0.15, 0.2) is 6.23 Å². The molecular formula is C32H34N2O9PS-. The topological polar surface area (TPSA) is 133 Å². The smallest absolute Gasteiger partial charge is 0.330 e. The Morgan fingerprint density at radius 1 is 0.867 bits per heavy atom. The fourth-order valence-corrected chi connectivity index (χ4v) is 6.57. The third kappa shape index (κ3) is 6.97. The zero-order valence-corrected chi connectivity index (χ0v) is 26.9. The molecule has 2 heterocycles. The van der Waals surface area contributed by atoms with Crippen LogP contribution in [0.5, 0.6) is 11.5 Å². The van der Waals surface area contributed by atoms with E-state index in [0.717, 1.165) is 16.7 Å². The van der Waals surface area contributed by atoms with E-state index in [1.165, 1.54) is 30.6 Å². The van der Waals surface area contributed by atoms with Gasteiger partial charge in [0.2, 0.25) is 0 Å². The molecule has 1 N–H and O–H groups in total. The molecule has 1 aliphatic heterocycles. The maximum absolute atomic E-state index is 12.8. The molecule has 0 saturated carbocycles. The van der Waals surface area contributed by atoms with Gasteiger partial charge in [-0.15, -0.1) is 0 Å². The largest absolute Gasteiger partial charge is 0.801 e. The van der Waals surface area contributed by atoms with E-state index in [2.05, 4.69) is 4.98 Å². The number of aromatic nitrogens is 2. The predicted octanol–water partition coefficient (Wildman–Crippen LogP) is 3.16. The Balaban J connectivity index is 1.62. The summed E-state index contributed by atoms with van der Waals surface area (Å²) in [6.07, 6.45) is -2.57. The van der Waals surface area contributed by atoms with E-state index in [9.17, 15) is 14.5 Å². The molecule has 13 heteroatoms. The first kappa shape index (κ1) is 32.8. The van der Waals surface area contributed by atoms with E-state index in [-0.39, 0.29) is 6.61 Å². The van der Waals surface area contributed by atoms with Crippen molar-refractivity contribution >= 4 is 18.3 Å². The number of ether oxygens (including phenoxy) is 5. The van der Waals surface area contributed by atoms with Gasteiger partial charge in [-0.1, -0.05) is 66.4 Å². The second-order valence-electron chi connectivity index (χ2n) is 10.4. The number of methoxy groups -OCH3 is 3. The number of aromatic amines is 1. The van der Waals surface area contributed by atoms with Gasteiger partial charge in [0, 0.05) is 19.4 Å². The summed E-state index contributed by atoms with van der Waals surface area (Å²) in [4.78, 5) is 39.6. The Hall–Kier alpha value is -3.61. The first-order chi connectivity index (χ1) is 21.6. The maximum Gasteiger partial charge on any atom is 0.330 e. The second-order valence-corrected chi connectivity index (χ2v) is 14.2. The van der Waals surface area contributed by atoms with Gasteiger partial charge in [0.05, 0.1) is 20.8 Å². The van der Waals surface area contributed by atoms with Crippen LogP contribution in [0.2, 0.25) is 0 Å². The molecule has 5 atom stereocenters. The molecule has 1 fully saturated rings. The summed E-state index contributed by atoms with van der Waals surface area (Å²) >= 11 is 5.15. The molecule has 45 heavy (non-hydrogen) atoms. The highest BCUT2D eigenvalue weighted by Gasteiger charge is 2.49. The van der Waals surface area contributed by atoms with Crippen molar-refractivity contribution in [3.8, 4) is 11.5 Å². The minimum absolute atomic E-state index is 0.110. The van der Waals surface area contributed by atoms with Crippen molar-refractivity contribution < 1.29 is 33.1 Å². The minimum Gasteiger partial charge on any atom is -0.801 e. The van der Waals surface area contributed by atoms with Gasteiger partial charge < -0.3 is 33.1 Å². The molecule has 1 saturated heterocycles. The van der Waals surface area contributed by atoms with E-state index in [4.69, 9.17) is 40.0 Å². The van der Waals surface area contributed by atoms with Gasteiger partial charge in [-0.2, -0.15) is 0 Å². The first-order valence-corrected chi connectivity index (χ1v) is 17.1. The molecule has 1 unspecified atom stereocenters. The lowest BCUT2D eigenvalue weighted by Crippen LogP contribution is -2.42. The average Bonchev–Trinajstić information content (AvgIpc) is 3.37. The molecule has 0 aliphatic carbocycles. The third-order valence-electron chi connectivity index (χ3n) is 7.63. The van der Waals surface area contributed by atoms with Gasteiger partial charge in [0.25, 0.3) is 5.56 Å². The standard InChI is InChI=1S/C32H35N2O9PS/c1-38-24-14-10-22(11-15-24)32(21-8-6-5-7-9-21,23-12-16-25(39-2)17-13-23)41-20-26-28(43-44(4,37)45)29(40-3)30(42-26)34-19-18-27(35)33-31(34)36/h5-19,26,28-30H,20H2,1-4H3,(H,37,45)(H,33,35,36)/p-1/t26-,28-,29-,30-,44?/m1/s1. The summed E-state index contributed by atoms with van der Waals surface area (Å²) in [5, 5.41) is 0. The number of hydrogen-bond donors (Lipinski definition) is 1. The predicted molar refractivity (Wildman–Crippen MR) is 169 cm³/mol. The number of H-pyrrole nitrogens is 1. The zero-order chi connectivity index (χ0) is 32.2. The molecule has 3 aromatic carbocycles. The lowest BCUT2D eigenvalue weighted by atomic mass is 9.80. The van der Waals surface area contributed by atoms with Crippen LogP contribution >= 0.6 is 6.49 Å². The van der Waals surface area contributed by atoms with Crippen LogP contribution in [0.15, 0.2) is 101 Å². The van der Waals surface area contributed by atoms with Gasteiger partial charge in [0.1, 0.15) is 35.4 Å². The molecule has 11 nitrogen and oxygen atoms in total. The Labute approximate surface area is 265 Å².